The van der Waals surface area contributed by atoms with E-state index in [1.165, 1.54) is 4.90 Å². The molecule has 0 unspecified atom stereocenters. The van der Waals surface area contributed by atoms with Crippen LogP contribution in [-0.2, 0) is 9.53 Å². The molecule has 2 heterocycles. The fraction of sp³-hybridized carbons (Fsp3) is 0.348. The lowest BCUT2D eigenvalue weighted by Gasteiger charge is -2.28. The van der Waals surface area contributed by atoms with E-state index in [4.69, 9.17) is 4.74 Å². The van der Waals surface area contributed by atoms with Crippen LogP contribution in [0.1, 0.15) is 33.6 Å². The second-order valence-electron chi connectivity index (χ2n) is 8.50. The maximum Gasteiger partial charge on any atom is 0.410 e. The van der Waals surface area contributed by atoms with Crippen LogP contribution < -0.4 is 5.32 Å². The number of anilines is 1. The molecular formula is C23H26N4O3. The first-order valence-electron chi connectivity index (χ1n) is 10.2. The standard InChI is InChI=1S/C23H26N4O3/c1-23(2,3)30-22(29)27-13-7-12-19(27)21(28)24-16-9-6-8-15(14-16)20-25-17-10-4-5-11-18(17)26-20/h4-6,8-11,14,19H,7,12-13H2,1-3H3,(H,24,28)(H,25,26)/t19-/m0/s1. The van der Waals surface area contributed by atoms with Gasteiger partial charge >= 0.3 is 6.09 Å². The van der Waals surface area contributed by atoms with Gasteiger partial charge in [0.1, 0.15) is 17.5 Å². The molecule has 1 saturated heterocycles. The number of nitrogens with zero attached hydrogens (tertiary/aromatic N) is 2. The molecule has 1 atom stereocenters. The molecule has 1 fully saturated rings. The first kappa shape index (κ1) is 19.9. The van der Waals surface area contributed by atoms with Crippen molar-refractivity contribution in [1.82, 2.24) is 14.9 Å². The van der Waals surface area contributed by atoms with Gasteiger partial charge in [-0.3, -0.25) is 9.69 Å². The highest BCUT2D eigenvalue weighted by Crippen LogP contribution is 2.25. The van der Waals surface area contributed by atoms with Crippen molar-refractivity contribution in [2.45, 2.75) is 45.3 Å². The monoisotopic (exact) mass is 406 g/mol. The highest BCUT2D eigenvalue weighted by molar-refractivity contribution is 5.97. The van der Waals surface area contributed by atoms with Gasteiger partial charge in [0, 0.05) is 17.8 Å². The van der Waals surface area contributed by atoms with Crippen LogP contribution in [0.25, 0.3) is 22.4 Å². The Morgan fingerprint density at radius 3 is 2.73 bits per heavy atom. The Labute approximate surface area is 175 Å². The van der Waals surface area contributed by atoms with Crippen LogP contribution in [0.4, 0.5) is 10.5 Å². The molecule has 7 nitrogen and oxygen atoms in total. The molecule has 0 radical (unpaired) electrons. The zero-order valence-electron chi connectivity index (χ0n) is 17.4. The van der Waals surface area contributed by atoms with E-state index >= 15 is 0 Å². The highest BCUT2D eigenvalue weighted by Gasteiger charge is 2.36. The van der Waals surface area contributed by atoms with Crippen LogP contribution in [0, 0.1) is 0 Å². The van der Waals surface area contributed by atoms with Crippen LogP contribution in [0.2, 0.25) is 0 Å². The van der Waals surface area contributed by atoms with Gasteiger partial charge in [0.2, 0.25) is 5.91 Å². The number of rotatable bonds is 3. The molecule has 156 valence electrons. The van der Waals surface area contributed by atoms with E-state index in [2.05, 4.69) is 15.3 Å². The Kier molecular flexibility index (Phi) is 5.20. The van der Waals surface area contributed by atoms with Gasteiger partial charge in [-0.2, -0.15) is 0 Å². The SMILES string of the molecule is CC(C)(C)OC(=O)N1CCC[C@H]1C(=O)Nc1cccc(-c2nc3ccccc3[nH]2)c1. The molecule has 2 amide bonds. The number of aromatic amines is 1. The van der Waals surface area contributed by atoms with Gasteiger partial charge in [-0.15, -0.1) is 0 Å². The number of nitrogens with one attached hydrogen (secondary N) is 2. The number of fused-ring (bicyclic) bond motifs is 1. The fourth-order valence-electron chi connectivity index (χ4n) is 3.64. The quantitative estimate of drug-likeness (QED) is 0.667. The first-order valence-corrected chi connectivity index (χ1v) is 10.2. The van der Waals surface area contributed by atoms with E-state index in [9.17, 15) is 9.59 Å². The molecule has 2 N–H and O–H groups in total. The average Bonchev–Trinajstić information content (AvgIpc) is 3.34. The van der Waals surface area contributed by atoms with Gasteiger partial charge in [-0.25, -0.2) is 9.78 Å². The van der Waals surface area contributed by atoms with Gasteiger partial charge in [0.15, 0.2) is 0 Å². The second-order valence-corrected chi connectivity index (χ2v) is 8.50. The number of H-pyrrole nitrogens is 1. The first-order chi connectivity index (χ1) is 14.3. The summed E-state index contributed by atoms with van der Waals surface area (Å²) in [5.74, 6) is 0.531. The number of hydrogen-bond donors (Lipinski definition) is 2. The van der Waals surface area contributed by atoms with Gasteiger partial charge < -0.3 is 15.0 Å². The van der Waals surface area contributed by atoms with Gasteiger partial charge in [-0.1, -0.05) is 24.3 Å². The number of ether oxygens (including phenoxy) is 1. The molecule has 7 heteroatoms. The highest BCUT2D eigenvalue weighted by atomic mass is 16.6. The molecule has 0 aliphatic carbocycles. The molecule has 4 rings (SSSR count). The number of amides is 2. The number of para-hydroxylation sites is 2. The third-order valence-electron chi connectivity index (χ3n) is 4.98. The van der Waals surface area contributed by atoms with Crippen molar-refractivity contribution in [3.63, 3.8) is 0 Å². The summed E-state index contributed by atoms with van der Waals surface area (Å²) in [5.41, 5.74) is 2.79. The topological polar surface area (TPSA) is 87.3 Å². The summed E-state index contributed by atoms with van der Waals surface area (Å²) < 4.78 is 5.45. The van der Waals surface area contributed by atoms with Crippen molar-refractivity contribution in [3.8, 4) is 11.4 Å². The van der Waals surface area contributed by atoms with E-state index in [-0.39, 0.29) is 5.91 Å². The minimum Gasteiger partial charge on any atom is -0.444 e. The Bertz CT molecular complexity index is 1050. The lowest BCUT2D eigenvalue weighted by molar-refractivity contribution is -0.120. The average molecular weight is 406 g/mol. The van der Waals surface area contributed by atoms with Crippen LogP contribution in [0.5, 0.6) is 0 Å². The Morgan fingerprint density at radius 1 is 1.17 bits per heavy atom. The minimum absolute atomic E-state index is 0.208. The molecule has 30 heavy (non-hydrogen) atoms. The summed E-state index contributed by atoms with van der Waals surface area (Å²) >= 11 is 0. The smallest absolute Gasteiger partial charge is 0.410 e. The number of imidazole rings is 1. The number of hydrogen-bond acceptors (Lipinski definition) is 4. The summed E-state index contributed by atoms with van der Waals surface area (Å²) in [5, 5.41) is 2.95. The van der Waals surface area contributed by atoms with Crippen molar-refractivity contribution in [2.75, 3.05) is 11.9 Å². The van der Waals surface area contributed by atoms with Crippen molar-refractivity contribution < 1.29 is 14.3 Å². The summed E-state index contributed by atoms with van der Waals surface area (Å²) in [6.45, 7) is 5.98. The van der Waals surface area contributed by atoms with Crippen LogP contribution in [0.15, 0.2) is 48.5 Å². The third-order valence-corrected chi connectivity index (χ3v) is 4.98. The number of benzene rings is 2. The molecule has 0 saturated carbocycles. The molecule has 1 aliphatic heterocycles. The number of aromatic nitrogens is 2. The molecule has 2 aromatic carbocycles. The summed E-state index contributed by atoms with van der Waals surface area (Å²) in [6, 6.07) is 14.8. The Hall–Kier alpha value is -3.35. The van der Waals surface area contributed by atoms with Crippen molar-refractivity contribution >= 4 is 28.7 Å². The van der Waals surface area contributed by atoms with Gasteiger partial charge in [-0.05, 0) is 57.9 Å². The lowest BCUT2D eigenvalue weighted by atomic mass is 10.1. The molecule has 1 aliphatic rings. The van der Waals surface area contributed by atoms with E-state index in [1.807, 2.05) is 69.3 Å². The van der Waals surface area contributed by atoms with Crippen LogP contribution in [-0.4, -0.2) is 45.1 Å². The minimum atomic E-state index is -0.596. The number of carbonyl (C=O) groups is 2. The number of carbonyl (C=O) groups excluding carboxylic acids is 2. The lowest BCUT2D eigenvalue weighted by Crippen LogP contribution is -2.45. The predicted molar refractivity (Wildman–Crippen MR) is 116 cm³/mol. The molecule has 0 bridgehead atoms. The van der Waals surface area contributed by atoms with Crippen molar-refractivity contribution in [2.24, 2.45) is 0 Å². The maximum atomic E-state index is 12.9. The molecular weight excluding hydrogens is 380 g/mol. The van der Waals surface area contributed by atoms with Gasteiger partial charge in [0.25, 0.3) is 0 Å². The zero-order chi connectivity index (χ0) is 21.3. The van der Waals surface area contributed by atoms with E-state index < -0.39 is 17.7 Å². The fourth-order valence-corrected chi connectivity index (χ4v) is 3.64. The normalized spacial score (nSPS) is 16.6. The van der Waals surface area contributed by atoms with Gasteiger partial charge in [0.05, 0.1) is 11.0 Å². The van der Waals surface area contributed by atoms with Crippen LogP contribution in [0.3, 0.4) is 0 Å². The predicted octanol–water partition coefficient (Wildman–Crippen LogP) is 4.57. The largest absolute Gasteiger partial charge is 0.444 e. The van der Waals surface area contributed by atoms with Crippen LogP contribution >= 0.6 is 0 Å². The van der Waals surface area contributed by atoms with Crippen molar-refractivity contribution in [3.05, 3.63) is 48.5 Å². The van der Waals surface area contributed by atoms with Crippen molar-refractivity contribution in [1.29, 1.82) is 0 Å². The Balaban J connectivity index is 1.49. The summed E-state index contributed by atoms with van der Waals surface area (Å²) in [4.78, 5) is 34.8. The van der Waals surface area contributed by atoms with E-state index in [1.54, 1.807) is 0 Å². The maximum absolute atomic E-state index is 12.9. The zero-order valence-corrected chi connectivity index (χ0v) is 17.4. The van der Waals surface area contributed by atoms with E-state index in [0.29, 0.717) is 18.7 Å². The summed E-state index contributed by atoms with van der Waals surface area (Å²) in [7, 11) is 0. The summed E-state index contributed by atoms with van der Waals surface area (Å²) in [6.07, 6.45) is 0.946. The molecule has 3 aromatic rings. The van der Waals surface area contributed by atoms with E-state index in [0.717, 1.165) is 28.8 Å². The third kappa shape index (κ3) is 4.30. The number of likely N-dealkylation sites (tertiary alicyclic amines) is 1. The Morgan fingerprint density at radius 2 is 1.97 bits per heavy atom. The second kappa shape index (κ2) is 7.82. The molecule has 0 spiro atoms. The molecule has 1 aromatic heterocycles.